The molecule has 5 heteroatoms. The van der Waals surface area contributed by atoms with Crippen molar-refractivity contribution < 1.29 is 21.1 Å². The van der Waals surface area contributed by atoms with Crippen LogP contribution in [-0.4, -0.2) is 14.5 Å². The fraction of sp³-hybridized carbons (Fsp3) is 0.246. The van der Waals surface area contributed by atoms with Crippen LogP contribution < -0.4 is 4.98 Å². The summed E-state index contributed by atoms with van der Waals surface area (Å²) >= 11 is 0. The second-order valence-corrected chi connectivity index (χ2v) is 24.4. The van der Waals surface area contributed by atoms with Crippen LogP contribution in [0.25, 0.3) is 105 Å². The molecule has 0 amide bonds. The molecular weight excluding hydrogens is 1080 g/mol. The topological polar surface area (TPSA) is 44.8 Å². The number of aromatic nitrogens is 4. The molecule has 11 aromatic rings. The van der Waals surface area contributed by atoms with Crippen molar-refractivity contribution in [1.29, 1.82) is 0 Å². The molecule has 4 nitrogen and oxygen atoms in total. The summed E-state index contributed by atoms with van der Waals surface area (Å²) in [5, 5.41) is 3.51. The van der Waals surface area contributed by atoms with Crippen LogP contribution in [0.2, 0.25) is 0 Å². The minimum atomic E-state index is -0.128. The van der Waals surface area contributed by atoms with E-state index < -0.39 is 0 Å². The number of hydrogen-bond acceptors (Lipinski definition) is 2. The molecule has 0 atom stereocenters. The van der Waals surface area contributed by atoms with Crippen molar-refractivity contribution in [3.63, 3.8) is 0 Å². The average Bonchev–Trinajstić information content (AvgIpc) is 3.94. The molecular formula is C69H66N4Pt. The van der Waals surface area contributed by atoms with Crippen LogP contribution in [0.3, 0.4) is 0 Å². The third kappa shape index (κ3) is 9.15. The number of hydrogen-bond donors (Lipinski definition) is 0. The number of para-hydroxylation sites is 1. The van der Waals surface area contributed by atoms with Gasteiger partial charge in [-0.1, -0.05) is 221 Å². The first kappa shape index (κ1) is 50.7. The largest absolute Gasteiger partial charge is 2.00 e. The SMILES string of the molecule is Cc1ccnc2c(-c3[c-]c(-c4nc5c(-c6cc(C(C)(C)C)cc7c6[n-]c6ccc(C(C)(C)C)cc67)cccc5n4-c4ccc(C(C)(C)C)cc4-c4ccccc4)cc(-c4ccccc4)c3)cc(C(C)(C)C)cc12.[Pt+2]. The van der Waals surface area contributed by atoms with Gasteiger partial charge in [0.2, 0.25) is 0 Å². The van der Waals surface area contributed by atoms with Gasteiger partial charge in [-0.3, -0.25) is 9.97 Å². The van der Waals surface area contributed by atoms with Gasteiger partial charge in [-0.05, 0) is 114 Å². The molecule has 3 aromatic heterocycles. The van der Waals surface area contributed by atoms with Crippen LogP contribution in [0.1, 0.15) is 111 Å². The maximum Gasteiger partial charge on any atom is 2.00 e. The zero-order valence-corrected chi connectivity index (χ0v) is 47.5. The number of nitrogens with zero attached hydrogens (tertiary/aromatic N) is 4. The first-order valence-electron chi connectivity index (χ1n) is 25.9. The zero-order chi connectivity index (χ0) is 51.4. The Morgan fingerprint density at radius 1 is 0.446 bits per heavy atom. The number of benzene rings is 8. The van der Waals surface area contributed by atoms with E-state index in [4.69, 9.17) is 15.0 Å². The fourth-order valence-electron chi connectivity index (χ4n) is 10.5. The molecule has 0 saturated heterocycles. The Bertz CT molecular complexity index is 3940. The second-order valence-electron chi connectivity index (χ2n) is 24.4. The van der Waals surface area contributed by atoms with Crippen LogP contribution >= 0.6 is 0 Å². The molecule has 0 spiro atoms. The molecule has 0 unspecified atom stereocenters. The quantitative estimate of drug-likeness (QED) is 0.156. The van der Waals surface area contributed by atoms with Crippen LogP contribution in [0, 0.1) is 13.0 Å². The molecule has 0 bridgehead atoms. The summed E-state index contributed by atoms with van der Waals surface area (Å²) in [6.45, 7) is 29.7. The Morgan fingerprint density at radius 3 is 1.68 bits per heavy atom. The smallest absolute Gasteiger partial charge is 0.656 e. The molecule has 0 aliphatic carbocycles. The Hall–Kier alpha value is -6.87. The van der Waals surface area contributed by atoms with Gasteiger partial charge in [0.05, 0.1) is 16.9 Å². The van der Waals surface area contributed by atoms with E-state index in [1.54, 1.807) is 0 Å². The molecule has 0 aliphatic heterocycles. The molecule has 3 heterocycles. The van der Waals surface area contributed by atoms with E-state index in [0.29, 0.717) is 0 Å². The summed E-state index contributed by atoms with van der Waals surface area (Å²) in [6, 6.07) is 62.2. The van der Waals surface area contributed by atoms with Gasteiger partial charge in [0, 0.05) is 28.5 Å². The second kappa shape index (κ2) is 18.5. The number of aryl methyl sites for hydroxylation is 1. The molecule has 74 heavy (non-hydrogen) atoms. The van der Waals surface area contributed by atoms with Crippen molar-refractivity contribution in [2.75, 3.05) is 0 Å². The van der Waals surface area contributed by atoms with Crippen LogP contribution in [0.4, 0.5) is 0 Å². The van der Waals surface area contributed by atoms with Crippen molar-refractivity contribution in [1.82, 2.24) is 19.5 Å². The number of fused-ring (bicyclic) bond motifs is 5. The normalized spacial score (nSPS) is 12.6. The predicted molar refractivity (Wildman–Crippen MR) is 310 cm³/mol. The maximum atomic E-state index is 5.93. The van der Waals surface area contributed by atoms with E-state index in [2.05, 4.69) is 258 Å². The Kier molecular flexibility index (Phi) is 12.7. The summed E-state index contributed by atoms with van der Waals surface area (Å²) in [5.74, 6) is 0.807. The molecule has 0 N–H and O–H groups in total. The van der Waals surface area contributed by atoms with Crippen molar-refractivity contribution in [2.45, 2.75) is 112 Å². The molecule has 372 valence electrons. The van der Waals surface area contributed by atoms with Crippen LogP contribution in [-0.2, 0) is 42.7 Å². The predicted octanol–water partition coefficient (Wildman–Crippen LogP) is 18.5. The van der Waals surface area contributed by atoms with Crippen molar-refractivity contribution in [3.8, 4) is 61.6 Å². The zero-order valence-electron chi connectivity index (χ0n) is 45.2. The van der Waals surface area contributed by atoms with Crippen molar-refractivity contribution in [2.24, 2.45) is 0 Å². The molecule has 0 fully saturated rings. The van der Waals surface area contributed by atoms with E-state index in [1.807, 2.05) is 6.20 Å². The third-order valence-corrected chi connectivity index (χ3v) is 15.0. The Labute approximate surface area is 452 Å². The van der Waals surface area contributed by atoms with Crippen molar-refractivity contribution >= 4 is 43.7 Å². The van der Waals surface area contributed by atoms with Gasteiger partial charge in [-0.25, -0.2) is 0 Å². The van der Waals surface area contributed by atoms with E-state index in [1.165, 1.54) is 38.6 Å². The third-order valence-electron chi connectivity index (χ3n) is 15.0. The fourth-order valence-corrected chi connectivity index (χ4v) is 10.5. The van der Waals surface area contributed by atoms with E-state index in [0.717, 1.165) is 94.6 Å². The van der Waals surface area contributed by atoms with Gasteiger partial charge < -0.3 is 9.55 Å². The molecule has 0 saturated carbocycles. The number of rotatable bonds is 6. The number of imidazole rings is 1. The van der Waals surface area contributed by atoms with E-state index in [-0.39, 0.29) is 42.7 Å². The van der Waals surface area contributed by atoms with E-state index >= 15 is 0 Å². The van der Waals surface area contributed by atoms with Gasteiger partial charge in [-0.15, -0.1) is 34.8 Å². The maximum absolute atomic E-state index is 5.93. The monoisotopic (exact) mass is 1150 g/mol. The van der Waals surface area contributed by atoms with Gasteiger partial charge in [0.25, 0.3) is 0 Å². The summed E-state index contributed by atoms with van der Waals surface area (Å²) in [5.41, 5.74) is 21.4. The molecule has 0 radical (unpaired) electrons. The van der Waals surface area contributed by atoms with Crippen LogP contribution in [0.5, 0.6) is 0 Å². The van der Waals surface area contributed by atoms with Gasteiger partial charge >= 0.3 is 21.1 Å². The van der Waals surface area contributed by atoms with Gasteiger partial charge in [-0.2, -0.15) is 0 Å². The first-order valence-corrected chi connectivity index (χ1v) is 25.9. The minimum Gasteiger partial charge on any atom is -0.656 e. The van der Waals surface area contributed by atoms with Crippen molar-refractivity contribution in [3.05, 3.63) is 198 Å². The summed E-state index contributed by atoms with van der Waals surface area (Å²) in [4.78, 5) is 16.5. The Morgan fingerprint density at radius 2 is 1.01 bits per heavy atom. The Balaban J connectivity index is 0.00000626. The van der Waals surface area contributed by atoms with Crippen LogP contribution in [0.15, 0.2) is 164 Å². The average molecular weight is 1150 g/mol. The van der Waals surface area contributed by atoms with Gasteiger partial charge in [0.1, 0.15) is 0 Å². The standard InChI is InChI=1S/C69H66N4.Pt/c1-42-31-32-70-62-53(42)38-50(68(8,9)10)39-55(62)46-33-45(43-21-16-14-17-22-43)34-47(35-46)65-72-64-52(57-40-51(69(11,12)13)41-58-56-37-48(66(2,3)4)27-29-59(56)71-63(57)58)25-20-26-61(64)73(65)60-30-28-49(67(5,6)7)36-54(60)44-23-18-15-19-24-44;/h14-34,36-41H,1-13H3;/q-2;+2. The van der Waals surface area contributed by atoms with E-state index in [9.17, 15) is 0 Å². The molecule has 8 aromatic carbocycles. The summed E-state index contributed by atoms with van der Waals surface area (Å²) < 4.78 is 2.40. The summed E-state index contributed by atoms with van der Waals surface area (Å²) in [7, 11) is 0. The minimum absolute atomic E-state index is 0. The molecule has 11 rings (SSSR count). The first-order chi connectivity index (χ1) is 34.6. The number of pyridine rings is 1. The molecule has 0 aliphatic rings. The van der Waals surface area contributed by atoms with Gasteiger partial charge in [0.15, 0.2) is 0 Å². The summed E-state index contributed by atoms with van der Waals surface area (Å²) in [6.07, 6.45) is 1.94.